The molecule has 8 nitrogen and oxygen atoms in total. The Morgan fingerprint density at radius 2 is 1.86 bits per heavy atom. The van der Waals surface area contributed by atoms with Crippen molar-refractivity contribution in [1.82, 2.24) is 15.2 Å². The second-order valence-electron chi connectivity index (χ2n) is 7.51. The number of hydrogen-bond donors (Lipinski definition) is 4. The number of quaternary nitrogens is 1. The predicted molar refractivity (Wildman–Crippen MR) is 112 cm³/mol. The number of rotatable bonds is 5. The topological polar surface area (TPSA) is 134 Å². The molecule has 9 heteroatoms. The molecule has 0 saturated heterocycles. The summed E-state index contributed by atoms with van der Waals surface area (Å²) in [4.78, 5) is 10.3. The summed E-state index contributed by atoms with van der Waals surface area (Å²) in [6.45, 7) is 5.68. The Kier molecular flexibility index (Phi) is 14.4. The Balaban J connectivity index is 0.000000415. The van der Waals surface area contributed by atoms with Gasteiger partial charge in [-0.25, -0.2) is 4.68 Å². The van der Waals surface area contributed by atoms with Gasteiger partial charge in [-0.1, -0.05) is 25.7 Å². The molecule has 1 aromatic rings. The number of Topliss-reactive ketones (excluding diaryl/α,β-unsaturated/α-hetero) is 1. The third kappa shape index (κ3) is 11.2. The second kappa shape index (κ2) is 15.2. The zero-order chi connectivity index (χ0) is 20.9. The summed E-state index contributed by atoms with van der Waals surface area (Å²) >= 11 is 0. The number of aromatic nitrogens is 2. The van der Waals surface area contributed by atoms with Gasteiger partial charge < -0.3 is 22.9 Å². The molecule has 1 aromatic heterocycles. The summed E-state index contributed by atoms with van der Waals surface area (Å²) in [6.07, 6.45) is 10.7. The molecule has 0 spiro atoms. The smallest absolute Gasteiger partial charge is 0.187 e. The van der Waals surface area contributed by atoms with Gasteiger partial charge in [0.05, 0.1) is 30.8 Å². The van der Waals surface area contributed by atoms with Crippen molar-refractivity contribution >= 4 is 17.5 Å². The first-order chi connectivity index (χ1) is 13.4. The maximum absolute atomic E-state index is 10.3. The molecule has 168 valence electrons. The van der Waals surface area contributed by atoms with Crippen molar-refractivity contribution in [3.8, 4) is 0 Å². The molecule has 1 heterocycles. The standard InChI is InChI=1S/C9H15N3.C6H11NO2.C5H12N2.ClH/c1-7-6-9(10)12(11-7)8-4-2-3-5-8;1-3-9-6(7)4-5(2)8;6-7-5-3-1-2-4-5;/h6,8H,2-5,10H2,1H3;7H,3-4H2,1-2H3;5,7H,1-4,6H2;1H. The van der Waals surface area contributed by atoms with Crippen LogP contribution in [0.4, 0.5) is 5.82 Å². The van der Waals surface area contributed by atoms with E-state index in [1.165, 1.54) is 58.3 Å². The third-order valence-corrected chi connectivity index (χ3v) is 4.93. The van der Waals surface area contributed by atoms with E-state index in [0.29, 0.717) is 12.6 Å². The molecular weight excluding hydrogens is 392 g/mol. The number of carbonyl (C=O) groups excluding carboxylic acids is 1. The highest BCUT2D eigenvalue weighted by atomic mass is 35.5. The monoisotopic (exact) mass is 430 g/mol. The highest BCUT2D eigenvalue weighted by Crippen LogP contribution is 2.30. The number of ether oxygens (including phenoxy) is 1. The maximum atomic E-state index is 10.3. The van der Waals surface area contributed by atoms with E-state index in [2.05, 4.69) is 16.4 Å². The molecule has 7 N–H and O–H groups in total. The lowest BCUT2D eigenvalue weighted by atomic mass is 10.2. The number of nitrogen functional groups attached to an aromatic ring is 1. The Hall–Kier alpha value is -1.64. The average molecular weight is 431 g/mol. The molecule has 2 fully saturated rings. The minimum Gasteiger partial charge on any atom is -1.00 e. The van der Waals surface area contributed by atoms with Crippen LogP contribution in [0.3, 0.4) is 0 Å². The van der Waals surface area contributed by atoms with E-state index < -0.39 is 0 Å². The number of carbonyl (C=O) groups is 1. The van der Waals surface area contributed by atoms with Gasteiger partial charge in [-0.2, -0.15) is 10.5 Å². The van der Waals surface area contributed by atoms with Gasteiger partial charge in [-0.05, 0) is 46.5 Å². The summed E-state index contributed by atoms with van der Waals surface area (Å²) in [5.41, 5.74) is 9.86. The molecule has 0 unspecified atom stereocenters. The largest absolute Gasteiger partial charge is 1.00 e. The van der Waals surface area contributed by atoms with Crippen LogP contribution >= 0.6 is 0 Å². The molecule has 2 saturated carbocycles. The maximum Gasteiger partial charge on any atom is 0.187 e. The van der Waals surface area contributed by atoms with Gasteiger partial charge in [-0.15, -0.1) is 0 Å². The highest BCUT2D eigenvalue weighted by molar-refractivity contribution is 5.95. The lowest BCUT2D eigenvalue weighted by Gasteiger charge is -2.10. The van der Waals surface area contributed by atoms with Gasteiger partial charge in [0.2, 0.25) is 0 Å². The van der Waals surface area contributed by atoms with E-state index in [1.807, 2.05) is 17.7 Å². The van der Waals surface area contributed by atoms with Crippen LogP contribution in [0.1, 0.15) is 83.4 Å². The lowest BCUT2D eigenvalue weighted by molar-refractivity contribution is -0.451. The van der Waals surface area contributed by atoms with Crippen molar-refractivity contribution in [3.05, 3.63) is 11.8 Å². The van der Waals surface area contributed by atoms with Crippen LogP contribution in [0.25, 0.3) is 0 Å². The molecule has 0 radical (unpaired) electrons. The van der Waals surface area contributed by atoms with Crippen LogP contribution in [0.5, 0.6) is 0 Å². The van der Waals surface area contributed by atoms with E-state index in [4.69, 9.17) is 15.9 Å². The van der Waals surface area contributed by atoms with Gasteiger partial charge in [0, 0.05) is 6.07 Å². The Bertz CT molecular complexity index is 596. The summed E-state index contributed by atoms with van der Waals surface area (Å²) in [5, 5.41) is 11.4. The Morgan fingerprint density at radius 1 is 1.31 bits per heavy atom. The molecule has 0 atom stereocenters. The van der Waals surface area contributed by atoms with Gasteiger partial charge in [0.15, 0.2) is 5.90 Å². The van der Waals surface area contributed by atoms with E-state index in [0.717, 1.165) is 17.6 Å². The number of halogens is 1. The molecular formula is C20H39ClN6O2. The number of nitrogens with one attached hydrogen (secondary N) is 2. The predicted octanol–water partition coefficient (Wildman–Crippen LogP) is -0.452. The fourth-order valence-electron chi connectivity index (χ4n) is 3.56. The average Bonchev–Trinajstić information content (AvgIpc) is 3.37. The molecule has 0 amide bonds. The number of ketones is 1. The Morgan fingerprint density at radius 3 is 2.24 bits per heavy atom. The van der Waals surface area contributed by atoms with Gasteiger partial charge in [0.25, 0.3) is 0 Å². The first-order valence-corrected chi connectivity index (χ1v) is 10.4. The molecule has 2 aliphatic carbocycles. The number of anilines is 1. The van der Waals surface area contributed by atoms with Gasteiger partial charge in [-0.3, -0.25) is 16.0 Å². The van der Waals surface area contributed by atoms with E-state index in [9.17, 15) is 4.79 Å². The summed E-state index contributed by atoms with van der Waals surface area (Å²) in [6, 6.07) is 3.25. The van der Waals surface area contributed by atoms with Crippen molar-refractivity contribution in [1.29, 1.82) is 5.41 Å². The van der Waals surface area contributed by atoms with Crippen LogP contribution in [0, 0.1) is 12.3 Å². The van der Waals surface area contributed by atoms with Crippen molar-refractivity contribution in [2.24, 2.45) is 0 Å². The fraction of sp³-hybridized carbons (Fsp3) is 0.750. The number of aryl methyl sites for hydroxylation is 1. The Labute approximate surface area is 181 Å². The summed E-state index contributed by atoms with van der Waals surface area (Å²) in [7, 11) is 0. The summed E-state index contributed by atoms with van der Waals surface area (Å²) in [5.74, 6) is 4.46. The SMILES string of the molecule is CCOC(=N)CC(C)=O.Cc1cc(N)n(C2CCCC2)n1.[Cl-].[NH3+]NC1CCCC1. The van der Waals surface area contributed by atoms with E-state index in [-0.39, 0.29) is 30.5 Å². The highest BCUT2D eigenvalue weighted by Gasteiger charge is 2.19. The van der Waals surface area contributed by atoms with Crippen LogP contribution in [0.2, 0.25) is 0 Å². The first kappa shape index (κ1) is 27.4. The number of nitrogens with two attached hydrogens (primary N) is 1. The normalized spacial score (nSPS) is 16.1. The van der Waals surface area contributed by atoms with Crippen molar-refractivity contribution in [3.63, 3.8) is 0 Å². The van der Waals surface area contributed by atoms with Crippen LogP contribution in [-0.4, -0.2) is 34.1 Å². The lowest BCUT2D eigenvalue weighted by Crippen LogP contribution is -3.00. The van der Waals surface area contributed by atoms with Gasteiger partial charge in [0.1, 0.15) is 11.6 Å². The van der Waals surface area contributed by atoms with E-state index >= 15 is 0 Å². The van der Waals surface area contributed by atoms with Gasteiger partial charge >= 0.3 is 0 Å². The quantitative estimate of drug-likeness (QED) is 0.285. The molecule has 2 aliphatic rings. The van der Waals surface area contributed by atoms with Crippen molar-refractivity contribution < 1.29 is 27.8 Å². The second-order valence-corrected chi connectivity index (χ2v) is 7.51. The zero-order valence-electron chi connectivity index (χ0n) is 18.2. The fourth-order valence-corrected chi connectivity index (χ4v) is 3.56. The number of hydrogen-bond acceptors (Lipinski definition) is 6. The molecule has 3 rings (SSSR count). The third-order valence-electron chi connectivity index (χ3n) is 4.93. The minimum atomic E-state index is -0.0338. The summed E-state index contributed by atoms with van der Waals surface area (Å²) < 4.78 is 6.70. The zero-order valence-corrected chi connectivity index (χ0v) is 18.9. The molecule has 0 aliphatic heterocycles. The number of nitrogens with zero attached hydrogens (tertiary/aromatic N) is 2. The van der Waals surface area contributed by atoms with Crippen LogP contribution < -0.4 is 29.4 Å². The van der Waals surface area contributed by atoms with Crippen LogP contribution in [-0.2, 0) is 9.53 Å². The molecule has 0 aromatic carbocycles. The van der Waals surface area contributed by atoms with E-state index in [1.54, 1.807) is 6.92 Å². The molecule has 29 heavy (non-hydrogen) atoms. The first-order valence-electron chi connectivity index (χ1n) is 10.4. The van der Waals surface area contributed by atoms with Crippen molar-refractivity contribution in [2.75, 3.05) is 12.3 Å². The minimum absolute atomic E-state index is 0. The molecule has 0 bridgehead atoms. The van der Waals surface area contributed by atoms with Crippen molar-refractivity contribution in [2.45, 2.75) is 90.6 Å². The van der Waals surface area contributed by atoms with Crippen LogP contribution in [0.15, 0.2) is 6.07 Å².